The Hall–Kier alpha value is -4.99. The minimum atomic E-state index is -0.762. The van der Waals surface area contributed by atoms with Crippen molar-refractivity contribution in [2.45, 2.75) is 37.4 Å². The Morgan fingerprint density at radius 2 is 1.76 bits per heavy atom. The lowest BCUT2D eigenvalue weighted by atomic mass is 10.1. The number of nitrogens with zero attached hydrogens (tertiary/aromatic N) is 6. The number of aliphatic hydroxyl groups is 3. The normalized spacial score (nSPS) is 19.6. The maximum Gasteiger partial charge on any atom is 0.280 e. The van der Waals surface area contributed by atoms with Gasteiger partial charge >= 0.3 is 0 Å². The largest absolute Gasteiger partial charge is 0.394 e. The fraction of sp³-hybridized carbons (Fsp3) is 0.343. The minimum Gasteiger partial charge on any atom is -0.394 e. The molecule has 2 aliphatic heterocycles. The van der Waals surface area contributed by atoms with Crippen LogP contribution in [0.5, 0.6) is 0 Å². The van der Waals surface area contributed by atoms with Crippen LogP contribution in [-0.2, 0) is 4.74 Å². The van der Waals surface area contributed by atoms with Crippen molar-refractivity contribution in [1.82, 2.24) is 19.4 Å². The summed E-state index contributed by atoms with van der Waals surface area (Å²) >= 11 is 0. The number of benzene rings is 3. The number of nitro benzene ring substituents is 1. The monoisotopic (exact) mass is 670 g/mol. The Morgan fingerprint density at radius 3 is 2.43 bits per heavy atom. The van der Waals surface area contributed by atoms with Gasteiger partial charge in [0.1, 0.15) is 35.3 Å². The number of imidazole rings is 1. The molecule has 14 heteroatoms. The molecule has 49 heavy (non-hydrogen) atoms. The van der Waals surface area contributed by atoms with Crippen LogP contribution < -0.4 is 10.6 Å². The highest BCUT2D eigenvalue weighted by molar-refractivity contribution is 6.11. The van der Waals surface area contributed by atoms with Gasteiger partial charge in [0.05, 0.1) is 53.6 Å². The zero-order valence-corrected chi connectivity index (χ0v) is 27.5. The van der Waals surface area contributed by atoms with E-state index in [1.807, 2.05) is 80.8 Å². The predicted octanol–water partition coefficient (Wildman–Crippen LogP) is 4.36. The number of fused-ring (bicyclic) bond motifs is 3. The molecule has 0 bridgehead atoms. The van der Waals surface area contributed by atoms with Crippen LogP contribution in [0.1, 0.15) is 30.9 Å². The second kappa shape index (κ2) is 16.9. The molecule has 3 aromatic carbocycles. The maximum absolute atomic E-state index is 11.5. The van der Waals surface area contributed by atoms with E-state index in [0.717, 1.165) is 36.1 Å². The first-order chi connectivity index (χ1) is 23.8. The van der Waals surface area contributed by atoms with Gasteiger partial charge in [-0.05, 0) is 39.2 Å². The number of aromatic nitrogens is 3. The number of hydrogen-bond acceptors (Lipinski definition) is 12. The molecular weight excluding hydrogens is 628 g/mol. The number of aliphatic hydroxyl groups excluding tert-OH is 3. The van der Waals surface area contributed by atoms with Crippen LogP contribution in [0.2, 0.25) is 0 Å². The number of nitro groups is 1. The van der Waals surface area contributed by atoms with E-state index < -0.39 is 24.5 Å². The highest BCUT2D eigenvalue weighted by atomic mass is 16.6. The van der Waals surface area contributed by atoms with Gasteiger partial charge in [0.15, 0.2) is 0 Å². The summed E-state index contributed by atoms with van der Waals surface area (Å²) in [5, 5.41) is 48.0. The number of anilines is 2. The number of rotatable bonds is 8. The van der Waals surface area contributed by atoms with E-state index in [9.17, 15) is 20.3 Å². The van der Waals surface area contributed by atoms with E-state index in [0.29, 0.717) is 28.8 Å². The summed E-state index contributed by atoms with van der Waals surface area (Å²) in [5.41, 5.74) is 2.85. The minimum absolute atomic E-state index is 0.0841. The summed E-state index contributed by atoms with van der Waals surface area (Å²) in [5.74, 6) is 0.601. The Morgan fingerprint density at radius 1 is 1.04 bits per heavy atom. The van der Waals surface area contributed by atoms with Crippen molar-refractivity contribution in [3.8, 4) is 0 Å². The number of aliphatic imine (C=N–C) groups is 1. The number of pyridine rings is 1. The SMILES string of the molecule is CN(C)CCCNc1c2ccccc2nc2cccc([N+](=O)[O-])c12.OC[C@H]1O[C@@H](n2cnc3c2NC=NC[C@H]3O)C[C@@H]1O.c1ccccc1. The second-order valence-corrected chi connectivity index (χ2v) is 11.8. The zero-order valence-electron chi connectivity index (χ0n) is 27.5. The van der Waals surface area contributed by atoms with Gasteiger partial charge < -0.3 is 35.6 Å². The Bertz CT molecular complexity index is 1820. The number of para-hydroxylation sites is 1. The van der Waals surface area contributed by atoms with E-state index in [1.54, 1.807) is 17.0 Å². The van der Waals surface area contributed by atoms with E-state index >= 15 is 0 Å². The van der Waals surface area contributed by atoms with Crippen molar-refractivity contribution in [2.75, 3.05) is 51.0 Å². The molecule has 7 rings (SSSR count). The van der Waals surface area contributed by atoms with Crippen LogP contribution in [-0.4, -0.2) is 98.6 Å². The molecule has 4 heterocycles. The summed E-state index contributed by atoms with van der Waals surface area (Å²) in [6, 6.07) is 24.8. The molecule has 0 aliphatic carbocycles. The van der Waals surface area contributed by atoms with Crippen LogP contribution in [0.4, 0.5) is 17.2 Å². The fourth-order valence-corrected chi connectivity index (χ4v) is 5.64. The van der Waals surface area contributed by atoms with Crippen LogP contribution in [0.25, 0.3) is 21.8 Å². The molecule has 0 radical (unpaired) electrons. The van der Waals surface area contributed by atoms with Crippen LogP contribution in [0.3, 0.4) is 0 Å². The summed E-state index contributed by atoms with van der Waals surface area (Å²) < 4.78 is 7.27. The summed E-state index contributed by atoms with van der Waals surface area (Å²) in [6.45, 7) is 1.72. The van der Waals surface area contributed by atoms with Gasteiger partial charge in [0, 0.05) is 24.4 Å². The molecule has 0 saturated carbocycles. The van der Waals surface area contributed by atoms with E-state index in [2.05, 4.69) is 30.5 Å². The second-order valence-electron chi connectivity index (χ2n) is 11.8. The molecule has 5 aromatic rings. The molecule has 2 aliphatic rings. The topological polar surface area (TPSA) is 183 Å². The smallest absolute Gasteiger partial charge is 0.280 e. The lowest BCUT2D eigenvalue weighted by Crippen LogP contribution is -2.24. The van der Waals surface area contributed by atoms with E-state index in [1.165, 1.54) is 12.4 Å². The molecule has 1 saturated heterocycles. The summed E-state index contributed by atoms with van der Waals surface area (Å²) in [7, 11) is 4.06. The quantitative estimate of drug-likeness (QED) is 0.0684. The average molecular weight is 671 g/mol. The van der Waals surface area contributed by atoms with Crippen molar-refractivity contribution in [2.24, 2.45) is 4.99 Å². The number of non-ortho nitro benzene ring substituents is 1. The number of nitrogens with one attached hydrogen (secondary N) is 2. The highest BCUT2D eigenvalue weighted by Gasteiger charge is 2.36. The van der Waals surface area contributed by atoms with E-state index in [4.69, 9.17) is 9.84 Å². The third-order valence-electron chi connectivity index (χ3n) is 8.03. The zero-order chi connectivity index (χ0) is 34.8. The molecule has 0 amide bonds. The van der Waals surface area contributed by atoms with Crippen molar-refractivity contribution in [3.63, 3.8) is 0 Å². The Labute approximate surface area is 283 Å². The van der Waals surface area contributed by atoms with E-state index in [-0.39, 0.29) is 23.8 Å². The van der Waals surface area contributed by atoms with Crippen molar-refractivity contribution < 1.29 is 25.0 Å². The van der Waals surface area contributed by atoms with Gasteiger partial charge in [-0.15, -0.1) is 0 Å². The summed E-state index contributed by atoms with van der Waals surface area (Å²) in [4.78, 5) is 26.0. The van der Waals surface area contributed by atoms with Crippen molar-refractivity contribution in [1.29, 1.82) is 0 Å². The molecule has 14 nitrogen and oxygen atoms in total. The van der Waals surface area contributed by atoms with Gasteiger partial charge in [-0.2, -0.15) is 0 Å². The molecule has 2 aromatic heterocycles. The first-order valence-corrected chi connectivity index (χ1v) is 16.1. The van der Waals surface area contributed by atoms with Gasteiger partial charge in [0.2, 0.25) is 0 Å². The Kier molecular flexibility index (Phi) is 12.2. The van der Waals surface area contributed by atoms with Crippen LogP contribution >= 0.6 is 0 Å². The molecule has 0 unspecified atom stereocenters. The Balaban J connectivity index is 0.000000166. The van der Waals surface area contributed by atoms with Gasteiger partial charge in [-0.1, -0.05) is 60.7 Å². The number of hydrogen-bond donors (Lipinski definition) is 5. The lowest BCUT2D eigenvalue weighted by Gasteiger charge is -2.16. The standard InChI is InChI=1S/C18H20N4O2.C11H16N4O4.C6H6/c1-21(2)12-6-11-19-18-13-7-3-4-8-14(13)20-15-9-5-10-16(17(15)18)22(23)24;16-3-8-6(17)1-9(19-8)15-5-14-10-7(18)2-12-4-13-11(10)15;1-2-4-6-5-3-1/h3-5,7-10H,6,11-12H2,1-2H3,(H,19,20);4-9,16-18H,1-3H2,(H,12,13);1-6H/t;6-,7+,8+,9+;/m.0./s1. The molecule has 0 spiro atoms. The first kappa shape index (κ1) is 35.3. The molecule has 1 fully saturated rings. The molecular formula is C35H42N8O6. The summed E-state index contributed by atoms with van der Waals surface area (Å²) in [6.07, 6.45) is 1.88. The third kappa shape index (κ3) is 8.73. The van der Waals surface area contributed by atoms with Crippen LogP contribution in [0.15, 0.2) is 90.2 Å². The van der Waals surface area contributed by atoms with Crippen LogP contribution in [0, 0.1) is 10.1 Å². The van der Waals surface area contributed by atoms with Gasteiger partial charge in [-0.3, -0.25) is 19.7 Å². The van der Waals surface area contributed by atoms with Gasteiger partial charge in [0.25, 0.3) is 5.69 Å². The fourth-order valence-electron chi connectivity index (χ4n) is 5.64. The highest BCUT2D eigenvalue weighted by Crippen LogP contribution is 2.37. The molecule has 4 atom stereocenters. The third-order valence-corrected chi connectivity index (χ3v) is 8.03. The van der Waals surface area contributed by atoms with Gasteiger partial charge in [-0.25, -0.2) is 9.97 Å². The number of ether oxygens (including phenoxy) is 1. The lowest BCUT2D eigenvalue weighted by molar-refractivity contribution is -0.383. The first-order valence-electron chi connectivity index (χ1n) is 16.1. The maximum atomic E-state index is 11.5. The van der Waals surface area contributed by atoms with Crippen molar-refractivity contribution in [3.05, 3.63) is 101 Å². The van der Waals surface area contributed by atoms with Crippen molar-refractivity contribution >= 4 is 45.3 Å². The molecule has 5 N–H and O–H groups in total. The predicted molar refractivity (Wildman–Crippen MR) is 190 cm³/mol. The molecule has 258 valence electrons. The average Bonchev–Trinajstić information content (AvgIpc) is 3.66.